The van der Waals surface area contributed by atoms with Crippen LogP contribution in [0.2, 0.25) is 0 Å². The summed E-state index contributed by atoms with van der Waals surface area (Å²) in [5, 5.41) is 10.5. The second-order valence-electron chi connectivity index (χ2n) is 5.62. The van der Waals surface area contributed by atoms with Crippen LogP contribution < -0.4 is 10.1 Å². The van der Waals surface area contributed by atoms with Gasteiger partial charge in [-0.2, -0.15) is 10.1 Å². The van der Waals surface area contributed by atoms with Gasteiger partial charge >= 0.3 is 6.01 Å². The molecule has 1 unspecified atom stereocenters. The van der Waals surface area contributed by atoms with Gasteiger partial charge < -0.3 is 10.1 Å². The van der Waals surface area contributed by atoms with Crippen molar-refractivity contribution in [2.45, 2.75) is 26.3 Å². The van der Waals surface area contributed by atoms with Crippen molar-refractivity contribution in [2.24, 2.45) is 0 Å². The molecule has 0 saturated heterocycles. The topological polar surface area (TPSA) is 92.8 Å². The third-order valence-corrected chi connectivity index (χ3v) is 3.37. The Kier molecular flexibility index (Phi) is 4.55. The monoisotopic (exact) mass is 347 g/mol. The number of hydrogen-bond acceptors (Lipinski definition) is 6. The zero-order valence-corrected chi connectivity index (χ0v) is 13.5. The van der Waals surface area contributed by atoms with Gasteiger partial charge in [0, 0.05) is 24.7 Å². The summed E-state index contributed by atoms with van der Waals surface area (Å²) in [6.07, 6.45) is 1.83. The normalized spacial score (nSPS) is 12.2. The maximum atomic E-state index is 13.6. The van der Waals surface area contributed by atoms with Crippen molar-refractivity contribution in [3.8, 4) is 11.8 Å². The number of rotatable bonds is 6. The van der Waals surface area contributed by atoms with Crippen LogP contribution in [0.3, 0.4) is 0 Å². The average Bonchev–Trinajstić information content (AvgIpc) is 2.91. The highest BCUT2D eigenvalue weighted by atomic mass is 19.1. The predicted octanol–water partition coefficient (Wildman–Crippen LogP) is 3.20. The van der Waals surface area contributed by atoms with E-state index in [0.29, 0.717) is 29.3 Å². The lowest BCUT2D eigenvalue weighted by Gasteiger charge is -2.11. The van der Waals surface area contributed by atoms with Gasteiger partial charge in [0.25, 0.3) is 0 Å². The first-order valence-corrected chi connectivity index (χ1v) is 7.52. The first-order chi connectivity index (χ1) is 11.9. The van der Waals surface area contributed by atoms with Crippen LogP contribution in [0.25, 0.3) is 11.0 Å². The summed E-state index contributed by atoms with van der Waals surface area (Å²) in [6.45, 7) is 3.37. The smallest absolute Gasteiger partial charge is 0.324 e. The number of ether oxygens (including phenoxy) is 1. The van der Waals surface area contributed by atoms with Crippen molar-refractivity contribution in [3.63, 3.8) is 0 Å². The average molecular weight is 347 g/mol. The summed E-state index contributed by atoms with van der Waals surface area (Å²) in [4.78, 5) is 19.3. The minimum atomic E-state index is -0.853. The van der Waals surface area contributed by atoms with Gasteiger partial charge in [0.1, 0.15) is 11.6 Å². The molecule has 0 aliphatic carbocycles. The zero-order chi connectivity index (χ0) is 18.0. The molecule has 130 valence electrons. The summed E-state index contributed by atoms with van der Waals surface area (Å²) < 4.78 is 31.8. The maximum absolute atomic E-state index is 13.6. The maximum Gasteiger partial charge on any atom is 0.324 e. The number of fused-ring (bicyclic) bond motifs is 1. The fourth-order valence-electron chi connectivity index (χ4n) is 2.32. The van der Waals surface area contributed by atoms with Crippen LogP contribution >= 0.6 is 0 Å². The summed E-state index contributed by atoms with van der Waals surface area (Å²) in [7, 11) is 0. The molecule has 3 rings (SSSR count). The summed E-state index contributed by atoms with van der Waals surface area (Å²) in [5.41, 5.74) is 0.380. The third-order valence-electron chi connectivity index (χ3n) is 3.37. The minimum absolute atomic E-state index is 0.0631. The van der Waals surface area contributed by atoms with E-state index >= 15 is 0 Å². The molecule has 0 saturated carbocycles. The molecule has 0 spiro atoms. The second-order valence-corrected chi connectivity index (χ2v) is 5.62. The Morgan fingerprint density at radius 2 is 2.20 bits per heavy atom. The van der Waals surface area contributed by atoms with Crippen LogP contribution in [0.4, 0.5) is 14.6 Å². The number of carbonyl (C=O) groups is 1. The van der Waals surface area contributed by atoms with E-state index < -0.39 is 11.6 Å². The first-order valence-electron chi connectivity index (χ1n) is 7.52. The minimum Gasteiger partial charge on any atom is -0.421 e. The molecule has 25 heavy (non-hydrogen) atoms. The summed E-state index contributed by atoms with van der Waals surface area (Å²) >= 11 is 0. The van der Waals surface area contributed by atoms with Crippen LogP contribution in [0.15, 0.2) is 24.4 Å². The molecular formula is C16H15F2N5O2. The summed E-state index contributed by atoms with van der Waals surface area (Å²) in [5.74, 6) is -1.18. The largest absolute Gasteiger partial charge is 0.421 e. The summed E-state index contributed by atoms with van der Waals surface area (Å²) in [6, 6.07) is 2.73. The molecule has 1 aromatic carbocycles. The molecule has 0 aliphatic rings. The highest BCUT2D eigenvalue weighted by Gasteiger charge is 2.14. The molecule has 0 radical (unpaired) electrons. The Labute approximate surface area is 141 Å². The number of benzene rings is 1. The van der Waals surface area contributed by atoms with E-state index in [1.165, 1.54) is 13.1 Å². The van der Waals surface area contributed by atoms with Crippen LogP contribution in [-0.2, 0) is 4.79 Å². The number of ketones is 1. The van der Waals surface area contributed by atoms with E-state index in [9.17, 15) is 13.6 Å². The first kappa shape index (κ1) is 16.7. The lowest BCUT2D eigenvalue weighted by atomic mass is 10.2. The van der Waals surface area contributed by atoms with Gasteiger partial charge in [0.05, 0.1) is 5.39 Å². The number of anilines is 1. The van der Waals surface area contributed by atoms with Gasteiger partial charge in [0.15, 0.2) is 23.0 Å². The number of nitrogens with one attached hydrogen (secondary N) is 2. The number of aromatic nitrogens is 4. The number of nitrogens with zero attached hydrogens (tertiary/aromatic N) is 3. The SMILES string of the molecule is CC(=O)CC(C)Nc1n[nH]c2nc(Oc3ccc(F)cc3F)ncc12. The zero-order valence-electron chi connectivity index (χ0n) is 13.5. The molecule has 2 N–H and O–H groups in total. The lowest BCUT2D eigenvalue weighted by molar-refractivity contribution is -0.117. The standard InChI is InChI=1S/C16H15F2N5O2/c1-8(5-9(2)24)20-14-11-7-19-16(21-15(11)23-22-14)25-13-4-3-10(17)6-12(13)18/h3-4,6-8H,5H2,1-2H3,(H2,19,20,21,22,23). The molecule has 1 atom stereocenters. The van der Waals surface area contributed by atoms with Gasteiger partial charge in [-0.15, -0.1) is 0 Å². The highest BCUT2D eigenvalue weighted by Crippen LogP contribution is 2.25. The van der Waals surface area contributed by atoms with Crippen LogP contribution in [0.1, 0.15) is 20.3 Å². The molecule has 2 aromatic heterocycles. The van der Waals surface area contributed by atoms with Crippen molar-refractivity contribution < 1.29 is 18.3 Å². The van der Waals surface area contributed by atoms with E-state index in [0.717, 1.165) is 12.1 Å². The second kappa shape index (κ2) is 6.80. The molecule has 3 aromatic rings. The number of hydrogen-bond donors (Lipinski definition) is 2. The van der Waals surface area contributed by atoms with Crippen molar-refractivity contribution in [1.82, 2.24) is 20.2 Å². The van der Waals surface area contributed by atoms with Crippen molar-refractivity contribution in [3.05, 3.63) is 36.0 Å². The highest BCUT2D eigenvalue weighted by molar-refractivity contribution is 5.86. The van der Waals surface area contributed by atoms with E-state index in [2.05, 4.69) is 25.5 Å². The quantitative estimate of drug-likeness (QED) is 0.711. The lowest BCUT2D eigenvalue weighted by Crippen LogP contribution is -2.18. The van der Waals surface area contributed by atoms with E-state index in [4.69, 9.17) is 4.74 Å². The van der Waals surface area contributed by atoms with E-state index in [-0.39, 0.29) is 23.6 Å². The number of aromatic amines is 1. The van der Waals surface area contributed by atoms with Gasteiger partial charge in [-0.05, 0) is 26.0 Å². The molecule has 0 amide bonds. The van der Waals surface area contributed by atoms with Crippen molar-refractivity contribution >= 4 is 22.6 Å². The van der Waals surface area contributed by atoms with Gasteiger partial charge in [0.2, 0.25) is 0 Å². The number of H-pyrrole nitrogens is 1. The van der Waals surface area contributed by atoms with Crippen molar-refractivity contribution in [1.29, 1.82) is 0 Å². The molecule has 0 bridgehead atoms. The third kappa shape index (κ3) is 3.87. The van der Waals surface area contributed by atoms with Crippen molar-refractivity contribution in [2.75, 3.05) is 5.32 Å². The number of halogens is 2. The number of carbonyl (C=O) groups excluding carboxylic acids is 1. The fraction of sp³-hybridized carbons (Fsp3) is 0.250. The Bertz CT molecular complexity index is 928. The molecular weight excluding hydrogens is 332 g/mol. The molecule has 9 heteroatoms. The molecule has 0 fully saturated rings. The van der Waals surface area contributed by atoms with E-state index in [1.807, 2.05) is 6.92 Å². The fourth-order valence-corrected chi connectivity index (χ4v) is 2.32. The van der Waals surface area contributed by atoms with E-state index in [1.54, 1.807) is 0 Å². The Morgan fingerprint density at radius 1 is 1.40 bits per heavy atom. The molecule has 2 heterocycles. The van der Waals surface area contributed by atoms with Gasteiger partial charge in [-0.3, -0.25) is 9.89 Å². The number of Topliss-reactive ketones (excluding diaryl/α,β-unsaturated/α-hetero) is 1. The van der Waals surface area contributed by atoms with Crippen LogP contribution in [-0.4, -0.2) is 32.0 Å². The van der Waals surface area contributed by atoms with Gasteiger partial charge in [-0.25, -0.2) is 13.8 Å². The Balaban J connectivity index is 1.80. The molecule has 0 aliphatic heterocycles. The van der Waals surface area contributed by atoms with Crippen LogP contribution in [0.5, 0.6) is 11.8 Å². The predicted molar refractivity (Wildman–Crippen MR) is 86.5 cm³/mol. The molecule has 7 nitrogen and oxygen atoms in total. The Morgan fingerprint density at radius 3 is 2.92 bits per heavy atom. The van der Waals surface area contributed by atoms with Crippen LogP contribution in [0, 0.1) is 11.6 Å². The van der Waals surface area contributed by atoms with Gasteiger partial charge in [-0.1, -0.05) is 0 Å². The Hall–Kier alpha value is -3.10.